The molecule has 0 bridgehead atoms. The van der Waals surface area contributed by atoms with Gasteiger partial charge in [-0.15, -0.1) is 0 Å². The van der Waals surface area contributed by atoms with Crippen LogP contribution < -0.4 is 11.1 Å². The van der Waals surface area contributed by atoms with E-state index < -0.39 is 6.04 Å². The monoisotopic (exact) mass is 367 g/mol. The van der Waals surface area contributed by atoms with Crippen LogP contribution in [-0.2, 0) is 4.79 Å². The van der Waals surface area contributed by atoms with Gasteiger partial charge in [0.15, 0.2) is 0 Å². The molecule has 0 spiro atoms. The molecule has 142 valence electrons. The molecule has 7 heteroatoms. The number of nitrogens with two attached hydrogens (primary N) is 1. The van der Waals surface area contributed by atoms with Gasteiger partial charge in [-0.3, -0.25) is 9.59 Å². The highest BCUT2D eigenvalue weighted by atomic mass is 16.2. The largest absolute Gasteiger partial charge is 0.352 e. The lowest BCUT2D eigenvalue weighted by Crippen LogP contribution is -2.47. The lowest BCUT2D eigenvalue weighted by Gasteiger charge is -2.25. The van der Waals surface area contributed by atoms with Crippen LogP contribution in [0.2, 0.25) is 0 Å². The number of nitrogens with zero attached hydrogens (tertiary/aromatic N) is 3. The number of benzene rings is 1. The zero-order valence-corrected chi connectivity index (χ0v) is 15.8. The average molecular weight is 367 g/mol. The van der Waals surface area contributed by atoms with Crippen LogP contribution in [-0.4, -0.2) is 51.4 Å². The minimum atomic E-state index is -0.583. The van der Waals surface area contributed by atoms with Crippen molar-refractivity contribution in [2.75, 3.05) is 6.54 Å². The smallest absolute Gasteiger partial charge is 0.258 e. The summed E-state index contributed by atoms with van der Waals surface area (Å²) in [5.74, 6) is 0.129. The number of rotatable bonds is 4. The maximum atomic E-state index is 13.3. The third-order valence-electron chi connectivity index (χ3n) is 4.51. The lowest BCUT2D eigenvalue weighted by molar-refractivity contribution is -0.125. The summed E-state index contributed by atoms with van der Waals surface area (Å²) in [5.41, 5.74) is 7.84. The van der Waals surface area contributed by atoms with Gasteiger partial charge >= 0.3 is 0 Å². The molecule has 2 aromatic rings. The maximum Gasteiger partial charge on any atom is 0.258 e. The van der Waals surface area contributed by atoms with Crippen LogP contribution in [0, 0.1) is 6.92 Å². The van der Waals surface area contributed by atoms with Crippen LogP contribution >= 0.6 is 0 Å². The fourth-order valence-electron chi connectivity index (χ4n) is 3.32. The molecule has 3 N–H and O–H groups in total. The standard InChI is InChI=1S/C20H25N5O2/c1-12(2)23-19(26)17-9-15(21)11-25(17)20(27)16-10-22-13(3)24-18(16)14-7-5-4-6-8-14/h4-8,10,12,15,17H,9,11,21H2,1-3H3,(H,23,26)/t15-,17-/m0/s1. The molecule has 0 unspecified atom stereocenters. The highest BCUT2D eigenvalue weighted by molar-refractivity contribution is 6.02. The van der Waals surface area contributed by atoms with Crippen molar-refractivity contribution in [3.8, 4) is 11.3 Å². The number of carbonyl (C=O) groups is 2. The molecule has 0 radical (unpaired) electrons. The Morgan fingerprint density at radius 3 is 2.63 bits per heavy atom. The van der Waals surface area contributed by atoms with E-state index in [9.17, 15) is 9.59 Å². The fourth-order valence-corrected chi connectivity index (χ4v) is 3.32. The summed E-state index contributed by atoms with van der Waals surface area (Å²) in [4.78, 5) is 36.1. The molecule has 2 atom stereocenters. The average Bonchev–Trinajstić information content (AvgIpc) is 3.03. The topological polar surface area (TPSA) is 101 Å². The van der Waals surface area contributed by atoms with Gasteiger partial charge in [0.25, 0.3) is 5.91 Å². The van der Waals surface area contributed by atoms with E-state index in [0.29, 0.717) is 30.0 Å². The maximum absolute atomic E-state index is 13.3. The van der Waals surface area contributed by atoms with Gasteiger partial charge in [-0.2, -0.15) is 0 Å². The van der Waals surface area contributed by atoms with Crippen molar-refractivity contribution in [3.63, 3.8) is 0 Å². The Hall–Kier alpha value is -2.80. The fraction of sp³-hybridized carbons (Fsp3) is 0.400. The van der Waals surface area contributed by atoms with Crippen molar-refractivity contribution in [2.45, 2.75) is 45.3 Å². The molecule has 7 nitrogen and oxygen atoms in total. The Labute approximate surface area is 159 Å². The van der Waals surface area contributed by atoms with Gasteiger partial charge in [0.1, 0.15) is 11.9 Å². The Balaban J connectivity index is 1.96. The summed E-state index contributed by atoms with van der Waals surface area (Å²) < 4.78 is 0. The number of likely N-dealkylation sites (tertiary alicyclic amines) is 1. The number of aryl methyl sites for hydroxylation is 1. The molecule has 1 aliphatic rings. The van der Waals surface area contributed by atoms with E-state index in [1.54, 1.807) is 11.8 Å². The molecule has 1 aromatic heterocycles. The van der Waals surface area contributed by atoms with Gasteiger partial charge in [0.2, 0.25) is 5.91 Å². The van der Waals surface area contributed by atoms with Gasteiger partial charge in [0.05, 0.1) is 11.3 Å². The molecule has 27 heavy (non-hydrogen) atoms. The van der Waals surface area contributed by atoms with E-state index >= 15 is 0 Å². The first-order valence-electron chi connectivity index (χ1n) is 9.12. The number of hydrogen-bond acceptors (Lipinski definition) is 5. The zero-order chi connectivity index (χ0) is 19.6. The molecule has 1 aliphatic heterocycles. The van der Waals surface area contributed by atoms with Crippen LogP contribution in [0.5, 0.6) is 0 Å². The molecule has 3 rings (SSSR count). The SMILES string of the molecule is Cc1ncc(C(=O)N2C[C@@H](N)C[C@H]2C(=O)NC(C)C)c(-c2ccccc2)n1. The Kier molecular flexibility index (Phi) is 5.51. The first-order chi connectivity index (χ1) is 12.9. The first kappa shape index (κ1) is 19.0. The molecule has 1 saturated heterocycles. The van der Waals surface area contributed by atoms with Crippen molar-refractivity contribution in [1.29, 1.82) is 0 Å². The number of hydrogen-bond donors (Lipinski definition) is 2. The van der Waals surface area contributed by atoms with E-state index in [1.165, 1.54) is 6.20 Å². The minimum absolute atomic E-state index is 0.00568. The van der Waals surface area contributed by atoms with E-state index in [2.05, 4.69) is 15.3 Å². The van der Waals surface area contributed by atoms with Gasteiger partial charge in [-0.1, -0.05) is 30.3 Å². The number of amides is 2. The highest BCUT2D eigenvalue weighted by Gasteiger charge is 2.39. The summed E-state index contributed by atoms with van der Waals surface area (Å²) in [5, 5.41) is 2.88. The second-order valence-electron chi connectivity index (χ2n) is 7.18. The van der Waals surface area contributed by atoms with Gasteiger partial charge < -0.3 is 16.0 Å². The predicted molar refractivity (Wildman–Crippen MR) is 103 cm³/mol. The molecule has 0 saturated carbocycles. The van der Waals surface area contributed by atoms with Crippen molar-refractivity contribution < 1.29 is 9.59 Å². The van der Waals surface area contributed by atoms with Crippen LogP contribution in [0.15, 0.2) is 36.5 Å². The van der Waals surface area contributed by atoms with Crippen LogP contribution in [0.1, 0.15) is 36.5 Å². The minimum Gasteiger partial charge on any atom is -0.352 e. The van der Waals surface area contributed by atoms with E-state index in [1.807, 2.05) is 44.2 Å². The van der Waals surface area contributed by atoms with Crippen molar-refractivity contribution in [1.82, 2.24) is 20.2 Å². The van der Waals surface area contributed by atoms with Crippen LogP contribution in [0.4, 0.5) is 0 Å². The van der Waals surface area contributed by atoms with Crippen molar-refractivity contribution >= 4 is 11.8 Å². The molecular weight excluding hydrogens is 342 g/mol. The zero-order valence-electron chi connectivity index (χ0n) is 15.8. The van der Waals surface area contributed by atoms with Crippen LogP contribution in [0.25, 0.3) is 11.3 Å². The number of nitrogens with one attached hydrogen (secondary N) is 1. The van der Waals surface area contributed by atoms with E-state index in [0.717, 1.165) is 5.56 Å². The molecule has 2 heterocycles. The molecule has 2 amide bonds. The summed E-state index contributed by atoms with van der Waals surface area (Å²) in [6.45, 7) is 5.89. The third kappa shape index (κ3) is 4.14. The predicted octanol–water partition coefficient (Wildman–Crippen LogP) is 1.52. The normalized spacial score (nSPS) is 19.4. The van der Waals surface area contributed by atoms with Gasteiger partial charge in [-0.05, 0) is 27.2 Å². The van der Waals surface area contributed by atoms with E-state index in [-0.39, 0.29) is 23.9 Å². The second kappa shape index (κ2) is 7.84. The molecular formula is C20H25N5O2. The highest BCUT2D eigenvalue weighted by Crippen LogP contribution is 2.26. The third-order valence-corrected chi connectivity index (χ3v) is 4.51. The van der Waals surface area contributed by atoms with Crippen molar-refractivity contribution in [2.24, 2.45) is 5.73 Å². The summed E-state index contributed by atoms with van der Waals surface area (Å²) in [7, 11) is 0. The van der Waals surface area contributed by atoms with Crippen LogP contribution in [0.3, 0.4) is 0 Å². The summed E-state index contributed by atoms with van der Waals surface area (Å²) >= 11 is 0. The van der Waals surface area contributed by atoms with Crippen molar-refractivity contribution in [3.05, 3.63) is 47.9 Å². The number of carbonyl (C=O) groups excluding carboxylic acids is 2. The second-order valence-corrected chi connectivity index (χ2v) is 7.18. The molecule has 1 aromatic carbocycles. The van der Waals surface area contributed by atoms with E-state index in [4.69, 9.17) is 5.73 Å². The summed E-state index contributed by atoms with van der Waals surface area (Å²) in [6.07, 6.45) is 1.98. The lowest BCUT2D eigenvalue weighted by atomic mass is 10.1. The Morgan fingerprint density at radius 2 is 1.96 bits per heavy atom. The molecule has 1 fully saturated rings. The quantitative estimate of drug-likeness (QED) is 0.853. The first-order valence-corrected chi connectivity index (χ1v) is 9.12. The Morgan fingerprint density at radius 1 is 1.26 bits per heavy atom. The molecule has 0 aliphatic carbocycles. The number of aromatic nitrogens is 2. The Bertz CT molecular complexity index is 838. The van der Waals surface area contributed by atoms with Gasteiger partial charge in [0, 0.05) is 30.4 Å². The summed E-state index contributed by atoms with van der Waals surface area (Å²) in [6, 6.07) is 8.67. The van der Waals surface area contributed by atoms with Gasteiger partial charge in [-0.25, -0.2) is 9.97 Å².